The van der Waals surface area contributed by atoms with Gasteiger partial charge in [0.25, 0.3) is 5.69 Å². The zero-order valence-corrected chi connectivity index (χ0v) is 19.3. The van der Waals surface area contributed by atoms with Crippen LogP contribution < -0.4 is 15.0 Å². The number of para-hydroxylation sites is 1. The number of nitro benzene ring substituents is 1. The van der Waals surface area contributed by atoms with E-state index in [2.05, 4.69) is 10.2 Å². The number of fused-ring (bicyclic) bond motifs is 7. The van der Waals surface area contributed by atoms with Gasteiger partial charge in [-0.3, -0.25) is 29.4 Å². The lowest BCUT2D eigenvalue weighted by Gasteiger charge is -2.36. The molecular weight excluding hydrogens is 452 g/mol. The van der Waals surface area contributed by atoms with Crippen LogP contribution in [-0.2, 0) is 26.3 Å². The number of imide groups is 1. The average Bonchev–Trinajstić information content (AvgIpc) is 3.56. The lowest BCUT2D eigenvalue weighted by molar-refractivity contribution is -0.384. The van der Waals surface area contributed by atoms with Gasteiger partial charge in [0.1, 0.15) is 11.3 Å². The van der Waals surface area contributed by atoms with Gasteiger partial charge in [-0.2, -0.15) is 0 Å². The maximum absolute atomic E-state index is 14.1. The summed E-state index contributed by atoms with van der Waals surface area (Å²) in [4.78, 5) is 55.6. The Morgan fingerprint density at radius 1 is 1.20 bits per heavy atom. The normalized spacial score (nSPS) is 28.9. The predicted molar refractivity (Wildman–Crippen MR) is 125 cm³/mol. The first-order chi connectivity index (χ1) is 16.9. The number of non-ortho nitro benzene ring substituents is 1. The number of benzene rings is 2. The van der Waals surface area contributed by atoms with Crippen LogP contribution in [0, 0.1) is 22.0 Å². The van der Waals surface area contributed by atoms with Gasteiger partial charge in [0, 0.05) is 23.4 Å². The minimum absolute atomic E-state index is 0.0581. The van der Waals surface area contributed by atoms with Crippen molar-refractivity contribution in [3.63, 3.8) is 0 Å². The summed E-state index contributed by atoms with van der Waals surface area (Å²) in [6.07, 6.45) is 2.26. The van der Waals surface area contributed by atoms with Gasteiger partial charge in [0.2, 0.25) is 17.7 Å². The second-order valence-electron chi connectivity index (χ2n) is 9.45. The third kappa shape index (κ3) is 2.54. The van der Waals surface area contributed by atoms with Crippen LogP contribution in [-0.4, -0.2) is 47.2 Å². The molecule has 180 valence electrons. The molecule has 0 aliphatic carbocycles. The number of rotatable bonds is 4. The quantitative estimate of drug-likeness (QED) is 0.409. The Kier molecular flexibility index (Phi) is 4.56. The molecule has 4 aliphatic heterocycles. The molecule has 3 fully saturated rings. The number of nitrogens with one attached hydrogen (secondary N) is 1. The van der Waals surface area contributed by atoms with E-state index in [1.165, 1.54) is 25.3 Å². The number of amides is 3. The first kappa shape index (κ1) is 21.7. The summed E-state index contributed by atoms with van der Waals surface area (Å²) in [5.41, 5.74) is 1.15. The van der Waals surface area contributed by atoms with E-state index < -0.39 is 34.1 Å². The third-order valence-corrected chi connectivity index (χ3v) is 8.11. The van der Waals surface area contributed by atoms with Crippen molar-refractivity contribution >= 4 is 34.8 Å². The summed E-state index contributed by atoms with van der Waals surface area (Å²) in [6.45, 7) is 2.64. The first-order valence-corrected chi connectivity index (χ1v) is 11.8. The lowest BCUT2D eigenvalue weighted by atomic mass is 9.75. The number of hydrogen-bond donors (Lipinski definition) is 1. The van der Waals surface area contributed by atoms with E-state index in [0.717, 1.165) is 34.6 Å². The van der Waals surface area contributed by atoms with E-state index in [1.54, 1.807) is 0 Å². The SMILES string of the molecule is CCc1cccc2c1NC(=O)[C@@]21[C@@H]2C(=O)N(c3ccc([N+](=O)[O-])cc3OC)C(=O)[C@H]2[C@H]2CCCN21. The van der Waals surface area contributed by atoms with Gasteiger partial charge in [-0.05, 0) is 37.4 Å². The van der Waals surface area contributed by atoms with E-state index >= 15 is 0 Å². The van der Waals surface area contributed by atoms with Crippen molar-refractivity contribution in [3.05, 3.63) is 57.6 Å². The van der Waals surface area contributed by atoms with E-state index in [-0.39, 0.29) is 29.1 Å². The zero-order valence-electron chi connectivity index (χ0n) is 19.3. The van der Waals surface area contributed by atoms with Crippen molar-refractivity contribution in [2.24, 2.45) is 11.8 Å². The molecule has 10 nitrogen and oxygen atoms in total. The summed E-state index contributed by atoms with van der Waals surface area (Å²) in [7, 11) is 1.33. The fourth-order valence-electron chi connectivity index (χ4n) is 6.79. The molecule has 6 rings (SSSR count). The molecule has 4 atom stereocenters. The molecule has 0 saturated carbocycles. The highest BCUT2D eigenvalue weighted by Crippen LogP contribution is 2.61. The molecule has 10 heteroatoms. The molecule has 0 aromatic heterocycles. The summed E-state index contributed by atoms with van der Waals surface area (Å²) in [5.74, 6) is -2.67. The van der Waals surface area contributed by atoms with Crippen molar-refractivity contribution in [3.8, 4) is 5.75 Å². The molecule has 1 N–H and O–H groups in total. The highest BCUT2D eigenvalue weighted by Gasteiger charge is 2.74. The topological polar surface area (TPSA) is 122 Å². The molecule has 3 saturated heterocycles. The minimum Gasteiger partial charge on any atom is -0.494 e. The third-order valence-electron chi connectivity index (χ3n) is 8.11. The molecule has 1 spiro atoms. The van der Waals surface area contributed by atoms with E-state index in [4.69, 9.17) is 4.74 Å². The fourth-order valence-corrected chi connectivity index (χ4v) is 6.79. The maximum atomic E-state index is 14.1. The van der Waals surface area contributed by atoms with Gasteiger partial charge >= 0.3 is 0 Å². The van der Waals surface area contributed by atoms with Crippen molar-refractivity contribution in [2.45, 2.75) is 37.8 Å². The van der Waals surface area contributed by atoms with Gasteiger partial charge in [-0.25, -0.2) is 4.90 Å². The van der Waals surface area contributed by atoms with Crippen LogP contribution >= 0.6 is 0 Å². The predicted octanol–water partition coefficient (Wildman–Crippen LogP) is 2.60. The Labute approximate surface area is 201 Å². The van der Waals surface area contributed by atoms with Crippen LogP contribution in [0.1, 0.15) is 30.9 Å². The van der Waals surface area contributed by atoms with Crippen molar-refractivity contribution < 1.29 is 24.0 Å². The number of nitrogens with zero attached hydrogens (tertiary/aromatic N) is 3. The number of aryl methyl sites for hydroxylation is 1. The maximum Gasteiger partial charge on any atom is 0.273 e. The minimum atomic E-state index is -1.26. The number of carbonyl (C=O) groups excluding carboxylic acids is 3. The summed E-state index contributed by atoms with van der Waals surface area (Å²) >= 11 is 0. The number of anilines is 2. The van der Waals surface area contributed by atoms with Crippen LogP contribution in [0.15, 0.2) is 36.4 Å². The molecule has 2 aromatic carbocycles. The lowest BCUT2D eigenvalue weighted by Crippen LogP contribution is -2.54. The second kappa shape index (κ2) is 7.35. The molecular formula is C25H24N4O6. The average molecular weight is 476 g/mol. The zero-order chi connectivity index (χ0) is 24.6. The number of carbonyl (C=O) groups is 3. The Morgan fingerprint density at radius 2 is 2.00 bits per heavy atom. The fraction of sp³-hybridized carbons (Fsp3) is 0.400. The molecule has 3 amide bonds. The molecule has 0 bridgehead atoms. The molecule has 2 aromatic rings. The first-order valence-electron chi connectivity index (χ1n) is 11.8. The molecule has 4 aliphatic rings. The van der Waals surface area contributed by atoms with Crippen LogP contribution in [0.5, 0.6) is 5.75 Å². The Bertz CT molecular complexity index is 1330. The van der Waals surface area contributed by atoms with Crippen LogP contribution in [0.4, 0.5) is 17.1 Å². The van der Waals surface area contributed by atoms with E-state index in [0.29, 0.717) is 13.0 Å². The number of hydrogen-bond acceptors (Lipinski definition) is 7. The number of ether oxygens (including phenoxy) is 1. The Morgan fingerprint density at radius 3 is 2.71 bits per heavy atom. The number of methoxy groups -OCH3 is 1. The summed E-state index contributed by atoms with van der Waals surface area (Å²) < 4.78 is 5.34. The Hall–Kier alpha value is -3.79. The molecule has 0 unspecified atom stereocenters. The summed E-state index contributed by atoms with van der Waals surface area (Å²) in [5, 5.41) is 14.3. The van der Waals surface area contributed by atoms with E-state index in [9.17, 15) is 24.5 Å². The summed E-state index contributed by atoms with van der Waals surface area (Å²) in [6, 6.07) is 9.31. The van der Waals surface area contributed by atoms with Gasteiger partial charge in [0.05, 0.1) is 35.6 Å². The molecule has 0 radical (unpaired) electrons. The van der Waals surface area contributed by atoms with Gasteiger partial charge in [-0.15, -0.1) is 0 Å². The largest absolute Gasteiger partial charge is 0.494 e. The van der Waals surface area contributed by atoms with Crippen LogP contribution in [0.3, 0.4) is 0 Å². The number of nitro groups is 1. The van der Waals surface area contributed by atoms with Crippen molar-refractivity contribution in [1.82, 2.24) is 4.90 Å². The van der Waals surface area contributed by atoms with Crippen molar-refractivity contribution in [2.75, 3.05) is 23.9 Å². The van der Waals surface area contributed by atoms with Crippen LogP contribution in [0.2, 0.25) is 0 Å². The van der Waals surface area contributed by atoms with Crippen molar-refractivity contribution in [1.29, 1.82) is 0 Å². The Balaban J connectivity index is 1.53. The van der Waals surface area contributed by atoms with Gasteiger partial charge in [0.15, 0.2) is 0 Å². The monoisotopic (exact) mass is 476 g/mol. The van der Waals surface area contributed by atoms with Crippen LogP contribution in [0.25, 0.3) is 0 Å². The second-order valence-corrected chi connectivity index (χ2v) is 9.45. The van der Waals surface area contributed by atoms with Gasteiger partial charge in [-0.1, -0.05) is 25.1 Å². The van der Waals surface area contributed by atoms with Gasteiger partial charge < -0.3 is 10.1 Å². The highest BCUT2D eigenvalue weighted by atomic mass is 16.6. The molecule has 35 heavy (non-hydrogen) atoms. The smallest absolute Gasteiger partial charge is 0.273 e. The standard InChI is InChI=1S/C25H24N4O6/c1-3-13-6-4-7-15-21(13)26-24(32)25(15)20-19(17-8-5-11-27(17)25)22(30)28(23(20)31)16-10-9-14(29(33)34)12-18(16)35-2/h4,6-7,9-10,12,17,19-20H,3,5,8,11H2,1-2H3,(H,26,32)/t17-,19+,20+,25+/m1/s1. The molecule has 4 heterocycles. The van der Waals surface area contributed by atoms with E-state index in [1.807, 2.05) is 25.1 Å². The highest BCUT2D eigenvalue weighted by molar-refractivity contribution is 6.26.